The Bertz CT molecular complexity index is 271. The predicted molar refractivity (Wildman–Crippen MR) is 64.9 cm³/mol. The molecular formula is C12H22N2O3. The Hall–Kier alpha value is -1.26. The first-order valence-electron chi connectivity index (χ1n) is 6.30. The minimum atomic E-state index is -0.820. The van der Waals surface area contributed by atoms with Crippen LogP contribution in [0.4, 0.5) is 4.79 Å². The Kier molecular flexibility index (Phi) is 5.25. The summed E-state index contributed by atoms with van der Waals surface area (Å²) in [5, 5.41) is 11.3. The van der Waals surface area contributed by atoms with Gasteiger partial charge < -0.3 is 15.3 Å². The van der Waals surface area contributed by atoms with Gasteiger partial charge in [-0.3, -0.25) is 4.79 Å². The summed E-state index contributed by atoms with van der Waals surface area (Å²) in [7, 11) is 0. The lowest BCUT2D eigenvalue weighted by Gasteiger charge is -2.38. The second-order valence-electron chi connectivity index (χ2n) is 4.77. The van der Waals surface area contributed by atoms with Gasteiger partial charge in [-0.2, -0.15) is 0 Å². The number of carbonyl (C=O) groups is 2. The summed E-state index contributed by atoms with van der Waals surface area (Å²) >= 11 is 0. The number of urea groups is 1. The Morgan fingerprint density at radius 3 is 2.41 bits per heavy atom. The Labute approximate surface area is 102 Å². The topological polar surface area (TPSA) is 69.6 Å². The fourth-order valence-electron chi connectivity index (χ4n) is 2.35. The smallest absolute Gasteiger partial charge is 0.317 e. The van der Waals surface area contributed by atoms with E-state index in [1.165, 1.54) is 6.42 Å². The highest BCUT2D eigenvalue weighted by Gasteiger charge is 2.28. The second kappa shape index (κ2) is 6.47. The first-order chi connectivity index (χ1) is 8.02. The molecule has 0 aromatic heterocycles. The predicted octanol–water partition coefficient (Wildman–Crippen LogP) is 1.82. The summed E-state index contributed by atoms with van der Waals surface area (Å²) in [4.78, 5) is 24.1. The van der Waals surface area contributed by atoms with Crippen molar-refractivity contribution < 1.29 is 14.7 Å². The van der Waals surface area contributed by atoms with E-state index in [-0.39, 0.29) is 24.5 Å². The third-order valence-corrected chi connectivity index (χ3v) is 3.27. The number of hydrogen-bond acceptors (Lipinski definition) is 2. The van der Waals surface area contributed by atoms with Crippen LogP contribution < -0.4 is 5.32 Å². The van der Waals surface area contributed by atoms with Gasteiger partial charge in [0.25, 0.3) is 0 Å². The number of rotatable bonds is 4. The third-order valence-electron chi connectivity index (χ3n) is 3.27. The molecule has 1 aliphatic rings. The van der Waals surface area contributed by atoms with Crippen LogP contribution in [-0.4, -0.2) is 40.6 Å². The maximum absolute atomic E-state index is 11.9. The van der Waals surface area contributed by atoms with Crippen LogP contribution in [0.1, 0.15) is 46.0 Å². The van der Waals surface area contributed by atoms with E-state index in [1.54, 1.807) is 0 Å². The van der Waals surface area contributed by atoms with Crippen molar-refractivity contribution in [3.05, 3.63) is 0 Å². The lowest BCUT2D eigenvalue weighted by atomic mass is 9.98. The van der Waals surface area contributed by atoms with Gasteiger partial charge in [-0.25, -0.2) is 4.79 Å². The third kappa shape index (κ3) is 4.24. The largest absolute Gasteiger partial charge is 0.481 e. The van der Waals surface area contributed by atoms with E-state index in [2.05, 4.69) is 19.2 Å². The fraction of sp³-hybridized carbons (Fsp3) is 0.833. The summed E-state index contributed by atoms with van der Waals surface area (Å²) in [6.07, 6.45) is 3.86. The summed E-state index contributed by atoms with van der Waals surface area (Å²) in [6, 6.07) is 0.492. The maximum atomic E-state index is 11.9. The van der Waals surface area contributed by atoms with Crippen LogP contribution in [0.15, 0.2) is 0 Å². The highest BCUT2D eigenvalue weighted by molar-refractivity contribution is 5.75. The van der Waals surface area contributed by atoms with Crippen molar-refractivity contribution >= 4 is 12.0 Å². The SMILES string of the molecule is C[C@@H]1CCC[C@H](C)N1C(=O)NCCCC(=O)O. The van der Waals surface area contributed by atoms with Crippen LogP contribution >= 0.6 is 0 Å². The second-order valence-corrected chi connectivity index (χ2v) is 4.77. The molecule has 0 spiro atoms. The molecule has 5 heteroatoms. The molecule has 1 saturated heterocycles. The highest BCUT2D eigenvalue weighted by Crippen LogP contribution is 2.22. The normalized spacial score (nSPS) is 24.5. The van der Waals surface area contributed by atoms with E-state index < -0.39 is 5.97 Å². The maximum Gasteiger partial charge on any atom is 0.317 e. The molecular weight excluding hydrogens is 220 g/mol. The first-order valence-corrected chi connectivity index (χ1v) is 6.30. The molecule has 1 aliphatic heterocycles. The number of hydrogen-bond donors (Lipinski definition) is 2. The number of piperidine rings is 1. The van der Waals surface area contributed by atoms with Crippen LogP contribution in [0.3, 0.4) is 0 Å². The van der Waals surface area contributed by atoms with Gasteiger partial charge in [-0.1, -0.05) is 0 Å². The van der Waals surface area contributed by atoms with Crippen LogP contribution in [-0.2, 0) is 4.79 Å². The van der Waals surface area contributed by atoms with Gasteiger partial charge in [0.15, 0.2) is 0 Å². The van der Waals surface area contributed by atoms with Crippen molar-refractivity contribution in [2.45, 2.75) is 58.0 Å². The van der Waals surface area contributed by atoms with E-state index in [0.717, 1.165) is 12.8 Å². The molecule has 98 valence electrons. The molecule has 17 heavy (non-hydrogen) atoms. The summed E-state index contributed by atoms with van der Waals surface area (Å²) in [6.45, 7) is 4.56. The summed E-state index contributed by atoms with van der Waals surface area (Å²) < 4.78 is 0. The average molecular weight is 242 g/mol. The Balaban J connectivity index is 2.32. The molecule has 0 saturated carbocycles. The standard InChI is InChI=1S/C12H22N2O3/c1-9-5-3-6-10(2)14(9)12(17)13-8-4-7-11(15)16/h9-10H,3-8H2,1-2H3,(H,13,17)(H,15,16)/t9-,10+. The van der Waals surface area contributed by atoms with Crippen LogP contribution in [0, 0.1) is 0 Å². The molecule has 5 nitrogen and oxygen atoms in total. The number of nitrogens with one attached hydrogen (secondary N) is 1. The molecule has 0 bridgehead atoms. The number of carbonyl (C=O) groups excluding carboxylic acids is 1. The molecule has 2 amide bonds. The number of carboxylic acids is 1. The molecule has 2 N–H and O–H groups in total. The summed E-state index contributed by atoms with van der Waals surface area (Å²) in [5.41, 5.74) is 0. The lowest BCUT2D eigenvalue weighted by molar-refractivity contribution is -0.137. The van der Waals surface area contributed by atoms with Crippen molar-refractivity contribution in [3.63, 3.8) is 0 Å². The van der Waals surface area contributed by atoms with Crippen LogP contribution in [0.5, 0.6) is 0 Å². The highest BCUT2D eigenvalue weighted by atomic mass is 16.4. The van der Waals surface area contributed by atoms with E-state index in [1.807, 2.05) is 4.90 Å². The summed E-state index contributed by atoms with van der Waals surface area (Å²) in [5.74, 6) is -0.820. The van der Waals surface area contributed by atoms with Gasteiger partial charge in [0.05, 0.1) is 0 Å². The van der Waals surface area contributed by atoms with E-state index in [0.29, 0.717) is 13.0 Å². The molecule has 0 unspecified atom stereocenters. The van der Waals surface area contributed by atoms with E-state index in [9.17, 15) is 9.59 Å². The number of aliphatic carboxylic acids is 1. The van der Waals surface area contributed by atoms with Gasteiger partial charge in [0.1, 0.15) is 0 Å². The van der Waals surface area contributed by atoms with Gasteiger partial charge in [-0.05, 0) is 39.5 Å². The first kappa shape index (κ1) is 13.8. The fourth-order valence-corrected chi connectivity index (χ4v) is 2.35. The number of nitrogens with zero attached hydrogens (tertiary/aromatic N) is 1. The van der Waals surface area contributed by atoms with Crippen LogP contribution in [0.25, 0.3) is 0 Å². The molecule has 0 radical (unpaired) electrons. The van der Waals surface area contributed by atoms with Crippen molar-refractivity contribution in [3.8, 4) is 0 Å². The van der Waals surface area contributed by atoms with E-state index in [4.69, 9.17) is 5.11 Å². The Morgan fingerprint density at radius 1 is 1.29 bits per heavy atom. The zero-order chi connectivity index (χ0) is 12.8. The van der Waals surface area contributed by atoms with Gasteiger partial charge in [-0.15, -0.1) is 0 Å². The number of carboxylic acid groups (broad SMARTS) is 1. The average Bonchev–Trinajstić information content (AvgIpc) is 2.24. The van der Waals surface area contributed by atoms with Crippen LogP contribution in [0.2, 0.25) is 0 Å². The number of likely N-dealkylation sites (tertiary alicyclic amines) is 1. The minimum Gasteiger partial charge on any atom is -0.481 e. The van der Waals surface area contributed by atoms with E-state index >= 15 is 0 Å². The molecule has 2 atom stereocenters. The minimum absolute atomic E-state index is 0.0601. The van der Waals surface area contributed by atoms with Gasteiger partial charge in [0.2, 0.25) is 0 Å². The van der Waals surface area contributed by atoms with Crippen molar-refractivity contribution in [2.24, 2.45) is 0 Å². The molecule has 0 aliphatic carbocycles. The van der Waals surface area contributed by atoms with Crippen molar-refractivity contribution in [2.75, 3.05) is 6.54 Å². The zero-order valence-electron chi connectivity index (χ0n) is 10.6. The molecule has 1 heterocycles. The van der Waals surface area contributed by atoms with Gasteiger partial charge >= 0.3 is 12.0 Å². The quantitative estimate of drug-likeness (QED) is 0.739. The van der Waals surface area contributed by atoms with Gasteiger partial charge in [0, 0.05) is 25.0 Å². The van der Waals surface area contributed by atoms with Crippen molar-refractivity contribution in [1.29, 1.82) is 0 Å². The molecule has 1 rings (SSSR count). The monoisotopic (exact) mass is 242 g/mol. The Morgan fingerprint density at radius 2 is 1.88 bits per heavy atom. The molecule has 0 aromatic rings. The van der Waals surface area contributed by atoms with Crippen molar-refractivity contribution in [1.82, 2.24) is 10.2 Å². The number of amides is 2. The molecule has 1 fully saturated rings. The lowest BCUT2D eigenvalue weighted by Crippen LogP contribution is -2.51. The zero-order valence-corrected chi connectivity index (χ0v) is 10.6. The molecule has 0 aromatic carbocycles.